The summed E-state index contributed by atoms with van der Waals surface area (Å²) in [5.41, 5.74) is 3.78. The molecule has 4 nitrogen and oxygen atoms in total. The summed E-state index contributed by atoms with van der Waals surface area (Å²) >= 11 is 0. The van der Waals surface area contributed by atoms with Crippen LogP contribution < -0.4 is 10.2 Å². The van der Waals surface area contributed by atoms with E-state index in [1.807, 2.05) is 6.92 Å². The van der Waals surface area contributed by atoms with Crippen LogP contribution in [0.2, 0.25) is 0 Å². The number of methoxy groups -OCH3 is 1. The fourth-order valence-corrected chi connectivity index (χ4v) is 2.16. The first-order valence-electron chi connectivity index (χ1n) is 7.23. The zero-order valence-electron chi connectivity index (χ0n) is 13.1. The summed E-state index contributed by atoms with van der Waals surface area (Å²) in [5.74, 6) is 0. The Bertz CT molecular complexity index is 394. The molecule has 4 heteroatoms. The van der Waals surface area contributed by atoms with Crippen molar-refractivity contribution in [2.75, 3.05) is 38.8 Å². The molecule has 1 unspecified atom stereocenters. The van der Waals surface area contributed by atoms with Gasteiger partial charge in [0.15, 0.2) is 0 Å². The molecule has 0 spiro atoms. The van der Waals surface area contributed by atoms with Gasteiger partial charge in [0.2, 0.25) is 0 Å². The molecule has 20 heavy (non-hydrogen) atoms. The van der Waals surface area contributed by atoms with E-state index < -0.39 is 0 Å². The molecule has 114 valence electrons. The van der Waals surface area contributed by atoms with E-state index in [1.165, 1.54) is 16.8 Å². The van der Waals surface area contributed by atoms with Crippen LogP contribution >= 0.6 is 0 Å². The molecule has 1 aromatic carbocycles. The highest BCUT2D eigenvalue weighted by atomic mass is 16.5. The number of nitrogens with zero attached hydrogens (tertiary/aromatic N) is 1. The molecule has 0 aliphatic carbocycles. The van der Waals surface area contributed by atoms with Crippen molar-refractivity contribution >= 4 is 5.69 Å². The summed E-state index contributed by atoms with van der Waals surface area (Å²) in [4.78, 5) is 2.20. The summed E-state index contributed by atoms with van der Waals surface area (Å²) < 4.78 is 5.01. The van der Waals surface area contributed by atoms with Crippen LogP contribution in [0, 0.1) is 6.92 Å². The van der Waals surface area contributed by atoms with Crippen LogP contribution in [-0.2, 0) is 11.3 Å². The van der Waals surface area contributed by atoms with Crippen LogP contribution in [0.4, 0.5) is 5.69 Å². The van der Waals surface area contributed by atoms with Gasteiger partial charge in [0.1, 0.15) is 0 Å². The number of benzene rings is 1. The third-order valence-corrected chi connectivity index (χ3v) is 3.37. The molecule has 0 aliphatic heterocycles. The van der Waals surface area contributed by atoms with Gasteiger partial charge < -0.3 is 20.1 Å². The number of aliphatic hydroxyl groups excluding tert-OH is 1. The molecule has 0 radical (unpaired) electrons. The van der Waals surface area contributed by atoms with Crippen LogP contribution in [0.1, 0.15) is 24.5 Å². The minimum atomic E-state index is -0.248. The first kappa shape index (κ1) is 17.0. The van der Waals surface area contributed by atoms with E-state index in [4.69, 9.17) is 4.74 Å². The second kappa shape index (κ2) is 8.95. The minimum absolute atomic E-state index is 0.248. The molecule has 0 aromatic heterocycles. The van der Waals surface area contributed by atoms with Crippen LogP contribution in [0.5, 0.6) is 0 Å². The van der Waals surface area contributed by atoms with Crippen molar-refractivity contribution in [1.29, 1.82) is 0 Å². The number of aliphatic hydroxyl groups is 1. The van der Waals surface area contributed by atoms with E-state index in [0.29, 0.717) is 0 Å². The van der Waals surface area contributed by atoms with Crippen molar-refractivity contribution in [3.8, 4) is 0 Å². The van der Waals surface area contributed by atoms with E-state index >= 15 is 0 Å². The highest BCUT2D eigenvalue weighted by Crippen LogP contribution is 2.20. The Kier molecular flexibility index (Phi) is 7.59. The Labute approximate surface area is 122 Å². The summed E-state index contributed by atoms with van der Waals surface area (Å²) in [6.45, 7) is 7.29. The van der Waals surface area contributed by atoms with Gasteiger partial charge in [-0.15, -0.1) is 0 Å². The highest BCUT2D eigenvalue weighted by Gasteiger charge is 2.06. The Morgan fingerprint density at radius 2 is 2.15 bits per heavy atom. The number of aryl methyl sites for hydroxylation is 1. The van der Waals surface area contributed by atoms with Gasteiger partial charge in [0, 0.05) is 39.5 Å². The Morgan fingerprint density at radius 1 is 1.40 bits per heavy atom. The van der Waals surface area contributed by atoms with Crippen molar-refractivity contribution in [2.45, 2.75) is 32.9 Å². The molecule has 2 N–H and O–H groups in total. The number of rotatable bonds is 9. The van der Waals surface area contributed by atoms with Crippen molar-refractivity contribution in [3.63, 3.8) is 0 Å². The molecule has 0 saturated carbocycles. The number of nitrogens with one attached hydrogen (secondary N) is 1. The van der Waals surface area contributed by atoms with Gasteiger partial charge in [-0.2, -0.15) is 0 Å². The maximum Gasteiger partial charge on any atom is 0.0587 e. The van der Waals surface area contributed by atoms with Crippen molar-refractivity contribution in [1.82, 2.24) is 5.32 Å². The van der Waals surface area contributed by atoms with Crippen molar-refractivity contribution in [2.24, 2.45) is 0 Å². The van der Waals surface area contributed by atoms with E-state index in [0.717, 1.165) is 32.7 Å². The van der Waals surface area contributed by atoms with E-state index in [2.05, 4.69) is 42.4 Å². The standard InChI is InChI=1S/C16H28N2O2/c1-13-11-15(12-17-8-10-20-4)5-6-16(13)18(3)9-7-14(2)19/h5-6,11,14,17,19H,7-10,12H2,1-4H3. The van der Waals surface area contributed by atoms with E-state index in [9.17, 15) is 5.11 Å². The lowest BCUT2D eigenvalue weighted by molar-refractivity contribution is 0.187. The monoisotopic (exact) mass is 280 g/mol. The van der Waals surface area contributed by atoms with Crippen LogP contribution in [0.25, 0.3) is 0 Å². The lowest BCUT2D eigenvalue weighted by atomic mass is 10.1. The third kappa shape index (κ3) is 5.90. The van der Waals surface area contributed by atoms with Gasteiger partial charge in [0.25, 0.3) is 0 Å². The average molecular weight is 280 g/mol. The third-order valence-electron chi connectivity index (χ3n) is 3.37. The summed E-state index contributed by atoms with van der Waals surface area (Å²) in [7, 11) is 3.78. The number of ether oxygens (including phenoxy) is 1. The molecule has 0 bridgehead atoms. The Morgan fingerprint density at radius 3 is 2.75 bits per heavy atom. The molecule has 0 saturated heterocycles. The zero-order valence-corrected chi connectivity index (χ0v) is 13.1. The number of hydrogen-bond donors (Lipinski definition) is 2. The summed E-state index contributed by atoms with van der Waals surface area (Å²) in [5, 5.41) is 12.7. The fourth-order valence-electron chi connectivity index (χ4n) is 2.16. The van der Waals surface area contributed by atoms with Crippen LogP contribution in [-0.4, -0.2) is 45.1 Å². The minimum Gasteiger partial charge on any atom is -0.393 e. The van der Waals surface area contributed by atoms with Gasteiger partial charge in [-0.1, -0.05) is 12.1 Å². The molecular weight excluding hydrogens is 252 g/mol. The topological polar surface area (TPSA) is 44.7 Å². The Hall–Kier alpha value is -1.10. The second-order valence-electron chi connectivity index (χ2n) is 5.35. The van der Waals surface area contributed by atoms with Gasteiger partial charge in [0.05, 0.1) is 12.7 Å². The van der Waals surface area contributed by atoms with E-state index in [-0.39, 0.29) is 6.10 Å². The number of hydrogen-bond acceptors (Lipinski definition) is 4. The van der Waals surface area contributed by atoms with Gasteiger partial charge in [-0.05, 0) is 37.5 Å². The second-order valence-corrected chi connectivity index (χ2v) is 5.35. The lowest BCUT2D eigenvalue weighted by Crippen LogP contribution is -2.23. The van der Waals surface area contributed by atoms with E-state index in [1.54, 1.807) is 7.11 Å². The maximum absolute atomic E-state index is 9.36. The molecule has 0 aliphatic rings. The normalized spacial score (nSPS) is 12.4. The van der Waals surface area contributed by atoms with Gasteiger partial charge in [-0.3, -0.25) is 0 Å². The highest BCUT2D eigenvalue weighted by molar-refractivity contribution is 5.53. The first-order valence-corrected chi connectivity index (χ1v) is 7.23. The molecule has 1 aromatic rings. The average Bonchev–Trinajstić information content (AvgIpc) is 2.41. The van der Waals surface area contributed by atoms with Crippen LogP contribution in [0.15, 0.2) is 18.2 Å². The predicted molar refractivity (Wildman–Crippen MR) is 84.3 cm³/mol. The fraction of sp³-hybridized carbons (Fsp3) is 0.625. The van der Waals surface area contributed by atoms with Crippen molar-refractivity contribution in [3.05, 3.63) is 29.3 Å². The molecule has 1 atom stereocenters. The van der Waals surface area contributed by atoms with Gasteiger partial charge >= 0.3 is 0 Å². The van der Waals surface area contributed by atoms with Crippen LogP contribution in [0.3, 0.4) is 0 Å². The zero-order chi connectivity index (χ0) is 15.0. The Balaban J connectivity index is 2.54. The smallest absolute Gasteiger partial charge is 0.0587 e. The molecular formula is C16H28N2O2. The molecule has 1 rings (SSSR count). The summed E-state index contributed by atoms with van der Waals surface area (Å²) in [6, 6.07) is 6.53. The summed E-state index contributed by atoms with van der Waals surface area (Å²) in [6.07, 6.45) is 0.540. The predicted octanol–water partition coefficient (Wildman–Crippen LogP) is 1.94. The maximum atomic E-state index is 9.36. The van der Waals surface area contributed by atoms with Crippen molar-refractivity contribution < 1.29 is 9.84 Å². The SMILES string of the molecule is COCCNCc1ccc(N(C)CCC(C)O)c(C)c1. The largest absolute Gasteiger partial charge is 0.393 e. The first-order chi connectivity index (χ1) is 9.54. The molecule has 0 fully saturated rings. The quantitative estimate of drug-likeness (QED) is 0.679. The molecule has 0 amide bonds. The molecule has 0 heterocycles. The number of anilines is 1. The lowest BCUT2D eigenvalue weighted by Gasteiger charge is -2.22. The van der Waals surface area contributed by atoms with Gasteiger partial charge in [-0.25, -0.2) is 0 Å².